The maximum Gasteiger partial charge on any atom is 0.145 e. The van der Waals surface area contributed by atoms with Gasteiger partial charge in [-0.2, -0.15) is 0 Å². The SMILES string of the molecule is c1ccc(-c2ccc(-c3ccccc3)c(-n3c(-c4ccc5sc6c(-c7ccc8c(c7)CCCC8)cccc6c5c4)nc4ccccc43)c2)cc1. The van der Waals surface area contributed by atoms with Crippen LogP contribution in [-0.4, -0.2) is 9.55 Å². The number of hydrogen-bond acceptors (Lipinski definition) is 2. The molecule has 2 aromatic heterocycles. The van der Waals surface area contributed by atoms with Crippen LogP contribution in [0.3, 0.4) is 0 Å². The number of hydrogen-bond donors (Lipinski definition) is 0. The molecule has 0 atom stereocenters. The first-order valence-electron chi connectivity index (χ1n) is 17.6. The molecule has 50 heavy (non-hydrogen) atoms. The van der Waals surface area contributed by atoms with Crippen molar-refractivity contribution in [2.75, 3.05) is 0 Å². The standard InChI is InChI=1S/C47H34N2S/c1-3-12-31(13-4-1)35-24-26-38(33-15-5-2-6-16-33)44(30-35)49-43-21-10-9-20-42(43)48-47(49)37-25-27-45-41(29-37)40-19-11-18-39(46(40)50-45)36-23-22-32-14-7-8-17-34(32)28-36/h1-6,9-13,15-16,18-30H,7-8,14,17H2. The molecule has 3 heteroatoms. The topological polar surface area (TPSA) is 17.8 Å². The molecular weight excluding hydrogens is 625 g/mol. The van der Waals surface area contributed by atoms with Crippen LogP contribution in [0.4, 0.5) is 0 Å². The van der Waals surface area contributed by atoms with Gasteiger partial charge in [-0.25, -0.2) is 4.98 Å². The van der Waals surface area contributed by atoms with Crippen molar-refractivity contribution in [3.63, 3.8) is 0 Å². The third-order valence-electron chi connectivity index (χ3n) is 10.4. The molecular formula is C47H34N2S. The lowest BCUT2D eigenvalue weighted by Crippen LogP contribution is -2.02. The van der Waals surface area contributed by atoms with Gasteiger partial charge in [0.2, 0.25) is 0 Å². The largest absolute Gasteiger partial charge is 0.292 e. The van der Waals surface area contributed by atoms with Gasteiger partial charge in [0.25, 0.3) is 0 Å². The highest BCUT2D eigenvalue weighted by molar-refractivity contribution is 7.26. The maximum absolute atomic E-state index is 5.34. The lowest BCUT2D eigenvalue weighted by atomic mass is 9.89. The molecule has 0 spiro atoms. The molecule has 0 amide bonds. The van der Waals surface area contributed by atoms with Crippen molar-refractivity contribution >= 4 is 42.5 Å². The van der Waals surface area contributed by atoms with Gasteiger partial charge in [0.1, 0.15) is 5.82 Å². The zero-order valence-electron chi connectivity index (χ0n) is 27.6. The first kappa shape index (κ1) is 29.2. The highest BCUT2D eigenvalue weighted by atomic mass is 32.1. The van der Waals surface area contributed by atoms with Gasteiger partial charge in [-0.1, -0.05) is 121 Å². The Balaban J connectivity index is 1.18. The molecule has 238 valence electrons. The summed E-state index contributed by atoms with van der Waals surface area (Å²) in [5, 5.41) is 2.59. The van der Waals surface area contributed by atoms with Crippen molar-refractivity contribution in [1.29, 1.82) is 0 Å². The van der Waals surface area contributed by atoms with Crippen LogP contribution in [0.2, 0.25) is 0 Å². The summed E-state index contributed by atoms with van der Waals surface area (Å²) in [6, 6.07) is 57.6. The number of para-hydroxylation sites is 2. The minimum Gasteiger partial charge on any atom is -0.292 e. The Bertz CT molecular complexity index is 2700. The summed E-state index contributed by atoms with van der Waals surface area (Å²) >= 11 is 1.90. The molecule has 2 nitrogen and oxygen atoms in total. The third-order valence-corrected chi connectivity index (χ3v) is 11.6. The van der Waals surface area contributed by atoms with Crippen molar-refractivity contribution in [1.82, 2.24) is 9.55 Å². The highest BCUT2D eigenvalue weighted by Crippen LogP contribution is 2.43. The van der Waals surface area contributed by atoms with E-state index in [0.717, 1.165) is 28.1 Å². The number of imidazole rings is 1. The molecule has 10 rings (SSSR count). The zero-order chi connectivity index (χ0) is 33.0. The number of aromatic nitrogens is 2. The van der Waals surface area contributed by atoms with Crippen molar-refractivity contribution in [3.8, 4) is 50.5 Å². The zero-order valence-corrected chi connectivity index (χ0v) is 28.5. The van der Waals surface area contributed by atoms with Crippen LogP contribution in [0.15, 0.2) is 158 Å². The molecule has 0 N–H and O–H groups in total. The number of nitrogens with zero attached hydrogens (tertiary/aromatic N) is 2. The summed E-state index contributed by atoms with van der Waals surface area (Å²) in [6.07, 6.45) is 5.00. The van der Waals surface area contributed by atoms with Gasteiger partial charge in [-0.3, -0.25) is 4.57 Å². The van der Waals surface area contributed by atoms with Crippen LogP contribution in [0.5, 0.6) is 0 Å². The molecule has 7 aromatic carbocycles. The number of fused-ring (bicyclic) bond motifs is 5. The van der Waals surface area contributed by atoms with E-state index < -0.39 is 0 Å². The average molecular weight is 659 g/mol. The van der Waals surface area contributed by atoms with Gasteiger partial charge in [0, 0.05) is 31.3 Å². The van der Waals surface area contributed by atoms with E-state index in [0.29, 0.717) is 0 Å². The number of benzene rings is 7. The first-order chi connectivity index (χ1) is 24.8. The van der Waals surface area contributed by atoms with E-state index in [-0.39, 0.29) is 0 Å². The second-order valence-corrected chi connectivity index (χ2v) is 14.5. The summed E-state index contributed by atoms with van der Waals surface area (Å²) in [5.41, 5.74) is 14.7. The quantitative estimate of drug-likeness (QED) is 0.180. The van der Waals surface area contributed by atoms with E-state index in [9.17, 15) is 0 Å². The van der Waals surface area contributed by atoms with Crippen molar-refractivity contribution < 1.29 is 0 Å². The fourth-order valence-electron chi connectivity index (χ4n) is 7.92. The van der Waals surface area contributed by atoms with Crippen LogP contribution in [-0.2, 0) is 12.8 Å². The average Bonchev–Trinajstić information content (AvgIpc) is 3.77. The van der Waals surface area contributed by atoms with Crippen LogP contribution in [0, 0.1) is 0 Å². The predicted octanol–water partition coefficient (Wildman–Crippen LogP) is 12.9. The smallest absolute Gasteiger partial charge is 0.145 e. The van der Waals surface area contributed by atoms with E-state index in [1.54, 1.807) is 0 Å². The van der Waals surface area contributed by atoms with Crippen molar-refractivity contribution in [2.24, 2.45) is 0 Å². The van der Waals surface area contributed by atoms with Crippen LogP contribution in [0.1, 0.15) is 24.0 Å². The minimum atomic E-state index is 0.945. The monoisotopic (exact) mass is 658 g/mol. The molecule has 0 saturated heterocycles. The highest BCUT2D eigenvalue weighted by Gasteiger charge is 2.20. The molecule has 0 fully saturated rings. The van der Waals surface area contributed by atoms with E-state index in [1.807, 2.05) is 11.3 Å². The Labute approximate surface area is 295 Å². The first-order valence-corrected chi connectivity index (χ1v) is 18.4. The van der Waals surface area contributed by atoms with Gasteiger partial charge in [0.15, 0.2) is 0 Å². The molecule has 1 aliphatic carbocycles. The molecule has 0 radical (unpaired) electrons. The van der Waals surface area contributed by atoms with Crippen LogP contribution < -0.4 is 0 Å². The predicted molar refractivity (Wildman–Crippen MR) is 212 cm³/mol. The van der Waals surface area contributed by atoms with E-state index in [2.05, 4.69) is 162 Å². The number of aryl methyl sites for hydroxylation is 2. The second-order valence-electron chi connectivity index (χ2n) is 13.4. The van der Waals surface area contributed by atoms with Crippen LogP contribution in [0.25, 0.3) is 81.7 Å². The lowest BCUT2D eigenvalue weighted by Gasteiger charge is -2.17. The summed E-state index contributed by atoms with van der Waals surface area (Å²) in [7, 11) is 0. The number of thiophene rings is 1. The Morgan fingerprint density at radius 1 is 0.480 bits per heavy atom. The summed E-state index contributed by atoms with van der Waals surface area (Å²) in [5.74, 6) is 0.945. The van der Waals surface area contributed by atoms with Gasteiger partial charge < -0.3 is 0 Å². The normalized spacial score (nSPS) is 12.9. The van der Waals surface area contributed by atoms with Crippen LogP contribution >= 0.6 is 11.3 Å². The van der Waals surface area contributed by atoms with Gasteiger partial charge >= 0.3 is 0 Å². The molecule has 0 aliphatic heterocycles. The minimum absolute atomic E-state index is 0.945. The van der Waals surface area contributed by atoms with Gasteiger partial charge in [0.05, 0.1) is 16.7 Å². The lowest BCUT2D eigenvalue weighted by molar-refractivity contribution is 0.686. The number of rotatable bonds is 5. The van der Waals surface area contributed by atoms with Gasteiger partial charge in [-0.05, 0) is 101 Å². The summed E-state index contributed by atoms with van der Waals surface area (Å²) < 4.78 is 5.02. The molecule has 0 unspecified atom stereocenters. The fraction of sp³-hybridized carbons (Fsp3) is 0.0851. The summed E-state index contributed by atoms with van der Waals surface area (Å²) in [6.45, 7) is 0. The van der Waals surface area contributed by atoms with E-state index >= 15 is 0 Å². The Hall–Kier alpha value is -5.77. The van der Waals surface area contributed by atoms with Crippen molar-refractivity contribution in [2.45, 2.75) is 25.7 Å². The Kier molecular flexibility index (Phi) is 6.99. The van der Waals surface area contributed by atoms with E-state index in [4.69, 9.17) is 4.98 Å². The Morgan fingerprint density at radius 3 is 2.08 bits per heavy atom. The van der Waals surface area contributed by atoms with E-state index in [1.165, 1.54) is 90.4 Å². The van der Waals surface area contributed by atoms with Crippen molar-refractivity contribution in [3.05, 3.63) is 169 Å². The Morgan fingerprint density at radius 2 is 1.22 bits per heavy atom. The summed E-state index contributed by atoms with van der Waals surface area (Å²) in [4.78, 5) is 5.34. The maximum atomic E-state index is 5.34. The molecule has 2 heterocycles. The molecule has 1 aliphatic rings. The second kappa shape index (κ2) is 12.0. The molecule has 0 bridgehead atoms. The van der Waals surface area contributed by atoms with Gasteiger partial charge in [-0.15, -0.1) is 11.3 Å². The third kappa shape index (κ3) is 4.88. The fourth-order valence-corrected chi connectivity index (χ4v) is 9.14. The molecule has 9 aromatic rings. The molecule has 0 saturated carbocycles.